The maximum atomic E-state index is 14.5. The number of aromatic hydroxyl groups is 6. The molecule has 92 heavy (non-hydrogen) atoms. The highest BCUT2D eigenvalue weighted by molar-refractivity contribution is 6.35. The molecule has 28 nitrogen and oxygen atoms in total. The summed E-state index contributed by atoms with van der Waals surface area (Å²) in [6.45, 7) is -1.72. The molecule has 30 heteroatoms. The van der Waals surface area contributed by atoms with E-state index in [0.717, 1.165) is 38.5 Å². The number of aliphatic hydroxyl groups excluding tert-OH is 8. The quantitative estimate of drug-likeness (QED) is 0.0793. The van der Waals surface area contributed by atoms with Crippen molar-refractivity contribution in [2.75, 3.05) is 27.4 Å². The van der Waals surface area contributed by atoms with Gasteiger partial charge in [0, 0.05) is 24.0 Å². The lowest BCUT2D eigenvalue weighted by atomic mass is 9.56. The Morgan fingerprint density at radius 2 is 0.837 bits per heavy atom. The molecule has 476 valence electrons. The van der Waals surface area contributed by atoms with Crippen LogP contribution in [0.5, 0.6) is 46.0 Å². The molecular formula is C62H46Cl2O28. The number of ether oxygens (including phenoxy) is 6. The monoisotopic (exact) mass is 1310 g/mol. The fraction of sp³-hybridized carbons (Fsp3) is 0.355. The Labute approximate surface area is 522 Å². The molecule has 4 aromatic carbocycles. The molecule has 12 atom stereocenters. The number of hydrogen-bond donors (Lipinski definition) is 14. The number of Topliss-reactive ketones (excluding diaryl/α,β-unsaturated/α-hetero) is 6. The highest BCUT2D eigenvalue weighted by atomic mass is 35.5. The van der Waals surface area contributed by atoms with Crippen molar-refractivity contribution in [3.05, 3.63) is 112 Å². The number of aliphatic hydroxyl groups is 8. The van der Waals surface area contributed by atoms with E-state index in [-0.39, 0.29) is 47.9 Å². The van der Waals surface area contributed by atoms with Crippen LogP contribution in [0.2, 0.25) is 10.0 Å². The second kappa shape index (κ2) is 18.3. The van der Waals surface area contributed by atoms with Gasteiger partial charge in [0.25, 0.3) is 11.2 Å². The van der Waals surface area contributed by atoms with Gasteiger partial charge in [0.2, 0.25) is 0 Å². The smallest absolute Gasteiger partial charge is 0.358 e. The van der Waals surface area contributed by atoms with Gasteiger partial charge in [0.1, 0.15) is 104 Å². The van der Waals surface area contributed by atoms with Gasteiger partial charge in [-0.25, -0.2) is 9.59 Å². The van der Waals surface area contributed by atoms with Crippen molar-refractivity contribution in [1.29, 1.82) is 0 Å². The van der Waals surface area contributed by atoms with E-state index < -0.39 is 277 Å². The Morgan fingerprint density at radius 1 is 0.511 bits per heavy atom. The first-order valence-electron chi connectivity index (χ1n) is 28.2. The van der Waals surface area contributed by atoms with Crippen LogP contribution in [0.25, 0.3) is 23.0 Å². The van der Waals surface area contributed by atoms with E-state index in [9.17, 15) is 110 Å². The summed E-state index contributed by atoms with van der Waals surface area (Å²) < 4.78 is 33.5. The summed E-state index contributed by atoms with van der Waals surface area (Å²) >= 11 is 13.8. The van der Waals surface area contributed by atoms with Gasteiger partial charge >= 0.3 is 11.9 Å². The van der Waals surface area contributed by atoms with Gasteiger partial charge in [-0.15, -0.1) is 0 Å². The third kappa shape index (κ3) is 6.24. The number of epoxide rings is 2. The molecule has 0 aromatic heterocycles. The zero-order chi connectivity index (χ0) is 66.0. The summed E-state index contributed by atoms with van der Waals surface area (Å²) in [4.78, 5) is 111. The van der Waals surface area contributed by atoms with Crippen LogP contribution in [0, 0.1) is 10.8 Å². The summed E-state index contributed by atoms with van der Waals surface area (Å²) in [6.07, 6.45) is -8.39. The lowest BCUT2D eigenvalue weighted by Crippen LogP contribution is -2.61. The van der Waals surface area contributed by atoms with Crippen LogP contribution in [0.15, 0.2) is 46.6 Å². The van der Waals surface area contributed by atoms with Gasteiger partial charge in [0.05, 0.1) is 105 Å². The lowest BCUT2D eigenvalue weighted by molar-refractivity contribution is -0.170. The first-order valence-corrected chi connectivity index (χ1v) is 29.0. The van der Waals surface area contributed by atoms with Gasteiger partial charge in [-0.3, -0.25) is 28.8 Å². The van der Waals surface area contributed by atoms with Gasteiger partial charge in [-0.2, -0.15) is 0 Å². The summed E-state index contributed by atoms with van der Waals surface area (Å²) in [5.41, 5.74) is -19.8. The number of carbonyl (C=O) groups is 8. The van der Waals surface area contributed by atoms with Crippen molar-refractivity contribution in [2.24, 2.45) is 10.8 Å². The average Bonchev–Trinajstić information content (AvgIpc) is 1.46. The maximum absolute atomic E-state index is 14.5. The van der Waals surface area contributed by atoms with Crippen LogP contribution in [-0.4, -0.2) is 192 Å². The summed E-state index contributed by atoms with van der Waals surface area (Å²) in [6, 6.07) is 4.08. The minimum absolute atomic E-state index is 0.132. The van der Waals surface area contributed by atoms with E-state index in [1.165, 1.54) is 0 Å². The van der Waals surface area contributed by atoms with Crippen LogP contribution in [0.4, 0.5) is 0 Å². The molecule has 8 unspecified atom stereocenters. The van der Waals surface area contributed by atoms with Gasteiger partial charge in [-0.05, 0) is 61.1 Å². The van der Waals surface area contributed by atoms with Crippen LogP contribution in [0.3, 0.4) is 0 Å². The number of methoxy groups -OCH3 is 2. The first kappa shape index (κ1) is 59.1. The molecule has 4 saturated carbocycles. The lowest BCUT2D eigenvalue weighted by Gasteiger charge is -2.43. The third-order valence-electron chi connectivity index (χ3n) is 20.7. The van der Waals surface area contributed by atoms with Gasteiger partial charge in [-0.1, -0.05) is 23.2 Å². The number of halogens is 2. The second-order valence-electron chi connectivity index (χ2n) is 24.5. The van der Waals surface area contributed by atoms with Gasteiger partial charge in [0.15, 0.2) is 46.2 Å². The highest BCUT2D eigenvalue weighted by Crippen LogP contribution is 2.75. The normalized spacial score (nSPS) is 33.2. The minimum atomic E-state index is -2.59. The van der Waals surface area contributed by atoms with E-state index in [0.29, 0.717) is 0 Å². The Balaban J connectivity index is 0.000000153. The second-order valence-corrected chi connectivity index (χ2v) is 25.3. The molecule has 0 radical (unpaired) electrons. The van der Waals surface area contributed by atoms with Crippen molar-refractivity contribution in [3.63, 3.8) is 0 Å². The van der Waals surface area contributed by atoms with Crippen molar-refractivity contribution in [3.8, 4) is 46.0 Å². The Kier molecular flexibility index (Phi) is 11.7. The Bertz CT molecular complexity index is 4270. The van der Waals surface area contributed by atoms with E-state index in [1.807, 2.05) is 0 Å². The van der Waals surface area contributed by atoms with Crippen LogP contribution in [0.1, 0.15) is 103 Å². The van der Waals surface area contributed by atoms with Crippen molar-refractivity contribution >= 4 is 92.9 Å². The first-order chi connectivity index (χ1) is 43.5. The predicted octanol–water partition coefficient (Wildman–Crippen LogP) is 2.52. The van der Waals surface area contributed by atoms with Crippen molar-refractivity contribution in [2.45, 2.75) is 97.2 Å². The predicted molar refractivity (Wildman–Crippen MR) is 301 cm³/mol. The van der Waals surface area contributed by atoms with Crippen LogP contribution >= 0.6 is 23.2 Å². The summed E-state index contributed by atoms with van der Waals surface area (Å²) in [7, 11) is 1.94. The topological polar surface area (TPSA) is 482 Å². The van der Waals surface area contributed by atoms with Crippen molar-refractivity contribution < 1.29 is 138 Å². The largest absolute Gasteiger partial charge is 0.507 e. The minimum Gasteiger partial charge on any atom is -0.507 e. The van der Waals surface area contributed by atoms with E-state index in [4.69, 9.17) is 51.6 Å². The van der Waals surface area contributed by atoms with Gasteiger partial charge < -0.3 is 99.9 Å². The number of esters is 2. The molecule has 0 amide bonds. The molecule has 10 aliphatic carbocycles. The average molecular weight is 1310 g/mol. The fourth-order valence-electron chi connectivity index (χ4n) is 16.8. The molecular weight excluding hydrogens is 1260 g/mol. The van der Waals surface area contributed by atoms with Crippen LogP contribution in [-0.2, 0) is 60.6 Å². The number of phenolic OH excluding ortho intramolecular Hbond substituents is 6. The number of carbonyl (C=O) groups excluding carboxylic acids is 8. The number of phenols is 6. The zero-order valence-corrected chi connectivity index (χ0v) is 48.7. The molecule has 4 heterocycles. The molecule has 14 N–H and O–H groups in total. The summed E-state index contributed by atoms with van der Waals surface area (Å²) in [5, 5.41) is 155. The molecule has 2 saturated heterocycles. The van der Waals surface area contributed by atoms with Crippen molar-refractivity contribution in [1.82, 2.24) is 0 Å². The number of hydrogen-bond acceptors (Lipinski definition) is 28. The molecule has 2 spiro atoms. The van der Waals surface area contributed by atoms with E-state index in [2.05, 4.69) is 0 Å². The molecule has 4 aliphatic heterocycles. The molecule has 4 bridgehead atoms. The Hall–Kier alpha value is -9.26. The Morgan fingerprint density at radius 3 is 1.16 bits per heavy atom. The number of rotatable bonds is 4. The summed E-state index contributed by atoms with van der Waals surface area (Å²) in [5.74, 6) is -20.3. The number of benzene rings is 4. The van der Waals surface area contributed by atoms with E-state index >= 15 is 0 Å². The maximum Gasteiger partial charge on any atom is 0.358 e. The molecule has 14 aliphatic rings. The number of ketones is 6. The number of fused-ring (bicyclic) bond motifs is 6. The standard InChI is InChI=1S/2C31H23ClO14/c2*1-44-28(43)31-12(37)5-4-11(36)17(31)23(40)16-21(38)13-8(20(32)25(16)45-31)6-29-19(24(41)18(13)30(7-33)27(29)46-30)22(39)14-9(34)2-3-10(35)15(14)26(29)42/h2*2-3,12,18,27,33-35,37-40H,4-7H2,1H3/t2*12-,18?,27?,29?,30?,31+/m00/s1. The SMILES string of the molecule is COC(=O)[C@]12Oc3c(Cl)c4c(c(O)c3C(O)=C1C(=O)CC[C@@H]2O)C1C(=O)C2=C(O)c3c(O)ccc(O)c3C(=O)C2(C4)C2OC12CO.COC(=O)[C@]12Oc3c(Cl)c4c(c(O)c3C(O)=C1C(=O)CC[C@@H]2O)C1C(=O)C2=C(O)c3c(O)ccc(O)c3C(=O)C2(C4)C2OC12CO. The van der Waals surface area contributed by atoms with Crippen LogP contribution < -0.4 is 9.47 Å². The molecule has 4 aromatic rings. The fourth-order valence-corrected chi connectivity index (χ4v) is 17.4. The zero-order valence-electron chi connectivity index (χ0n) is 47.2. The van der Waals surface area contributed by atoms with E-state index in [1.54, 1.807) is 0 Å². The third-order valence-corrected chi connectivity index (χ3v) is 21.5. The molecule has 18 rings (SSSR count). The molecule has 6 fully saturated rings. The highest BCUT2D eigenvalue weighted by Gasteiger charge is 2.84.